The number of nitrogen functional groups attached to an aromatic ring is 1. The van der Waals surface area contributed by atoms with Crippen LogP contribution in [0.15, 0.2) is 22.1 Å². The lowest BCUT2D eigenvalue weighted by atomic mass is 10.1. The highest BCUT2D eigenvalue weighted by Gasteiger charge is 2.04. The number of isocyanates is 2. The summed E-state index contributed by atoms with van der Waals surface area (Å²) in [5.74, 6) is 0. The first-order valence-electron chi connectivity index (χ1n) is 3.75. The number of carbonyl (C=O) groups excluding carboxylic acids is 2. The van der Waals surface area contributed by atoms with Gasteiger partial charge in [-0.3, -0.25) is 0 Å². The Labute approximate surface area is 80.0 Å². The van der Waals surface area contributed by atoms with Crippen molar-refractivity contribution in [1.29, 1.82) is 0 Å². The molecule has 0 unspecified atom stereocenters. The molecule has 0 atom stereocenters. The van der Waals surface area contributed by atoms with E-state index in [1.165, 1.54) is 24.3 Å². The summed E-state index contributed by atoms with van der Waals surface area (Å²) in [6.07, 6.45) is 2.80. The quantitative estimate of drug-likeness (QED) is 0.434. The summed E-state index contributed by atoms with van der Waals surface area (Å²) in [5.41, 5.74) is 7.18. The van der Waals surface area contributed by atoms with Gasteiger partial charge in [-0.25, -0.2) is 9.59 Å². The number of hydrogen-bond donors (Lipinski definition) is 1. The molecular weight excluding hydrogens is 182 g/mol. The molecule has 0 aliphatic rings. The fraction of sp³-hybridized carbons (Fsp3) is 0.111. The van der Waals surface area contributed by atoms with E-state index in [0.717, 1.165) is 0 Å². The average molecular weight is 189 g/mol. The second kappa shape index (κ2) is 4.14. The van der Waals surface area contributed by atoms with Gasteiger partial charge in [0.2, 0.25) is 12.2 Å². The molecule has 0 saturated heterocycles. The highest BCUT2D eigenvalue weighted by molar-refractivity contribution is 5.71. The van der Waals surface area contributed by atoms with Gasteiger partial charge in [0.25, 0.3) is 0 Å². The third-order valence-corrected chi connectivity index (χ3v) is 1.71. The zero-order valence-electron chi connectivity index (χ0n) is 7.44. The molecule has 2 N–H and O–H groups in total. The molecule has 0 fully saturated rings. The lowest BCUT2D eigenvalue weighted by molar-refractivity contribution is 0.565. The topological polar surface area (TPSA) is 84.9 Å². The molecular formula is C9H7N3O2. The fourth-order valence-corrected chi connectivity index (χ4v) is 1.04. The van der Waals surface area contributed by atoms with Crippen LogP contribution in [-0.2, 0) is 9.59 Å². The van der Waals surface area contributed by atoms with Gasteiger partial charge in [0.05, 0.1) is 11.4 Å². The Kier molecular flexibility index (Phi) is 2.92. The number of benzene rings is 1. The van der Waals surface area contributed by atoms with Crippen molar-refractivity contribution in [1.82, 2.24) is 0 Å². The fourth-order valence-electron chi connectivity index (χ4n) is 1.04. The molecule has 0 radical (unpaired) electrons. The molecule has 1 aromatic rings. The Morgan fingerprint density at radius 2 is 1.57 bits per heavy atom. The van der Waals surface area contributed by atoms with E-state index in [4.69, 9.17) is 5.73 Å². The average Bonchev–Trinajstić information content (AvgIpc) is 2.14. The number of aliphatic imine (C=N–C) groups is 2. The number of anilines is 1. The van der Waals surface area contributed by atoms with Gasteiger partial charge in [-0.15, -0.1) is 0 Å². The van der Waals surface area contributed by atoms with Gasteiger partial charge in [-0.2, -0.15) is 9.98 Å². The van der Waals surface area contributed by atoms with Crippen LogP contribution in [0.4, 0.5) is 17.1 Å². The van der Waals surface area contributed by atoms with Gasteiger partial charge in [0.1, 0.15) is 0 Å². The molecule has 1 rings (SSSR count). The highest BCUT2D eigenvalue weighted by Crippen LogP contribution is 2.30. The zero-order valence-corrected chi connectivity index (χ0v) is 7.44. The maximum atomic E-state index is 10.1. The normalized spacial score (nSPS) is 8.64. The molecule has 0 bridgehead atoms. The van der Waals surface area contributed by atoms with Gasteiger partial charge in [-0.05, 0) is 19.1 Å². The molecule has 1 aromatic carbocycles. The van der Waals surface area contributed by atoms with Gasteiger partial charge < -0.3 is 5.73 Å². The van der Waals surface area contributed by atoms with E-state index in [2.05, 4.69) is 9.98 Å². The van der Waals surface area contributed by atoms with Crippen molar-refractivity contribution in [3.63, 3.8) is 0 Å². The first kappa shape index (κ1) is 9.86. The van der Waals surface area contributed by atoms with E-state index >= 15 is 0 Å². The zero-order chi connectivity index (χ0) is 10.6. The van der Waals surface area contributed by atoms with E-state index in [0.29, 0.717) is 22.6 Å². The minimum atomic E-state index is 0.356. The van der Waals surface area contributed by atoms with E-state index < -0.39 is 0 Å². The van der Waals surface area contributed by atoms with E-state index in [9.17, 15) is 9.59 Å². The van der Waals surface area contributed by atoms with Crippen molar-refractivity contribution in [3.05, 3.63) is 17.7 Å². The molecule has 0 heterocycles. The van der Waals surface area contributed by atoms with Crippen LogP contribution in [0, 0.1) is 6.92 Å². The number of rotatable bonds is 2. The smallest absolute Gasteiger partial charge is 0.240 e. The van der Waals surface area contributed by atoms with E-state index in [1.54, 1.807) is 6.92 Å². The predicted molar refractivity (Wildman–Crippen MR) is 51.2 cm³/mol. The van der Waals surface area contributed by atoms with Crippen LogP contribution in [0.25, 0.3) is 0 Å². The Balaban J connectivity index is 3.45. The summed E-state index contributed by atoms with van der Waals surface area (Å²) in [6.45, 7) is 1.67. The second-order valence-corrected chi connectivity index (χ2v) is 2.59. The van der Waals surface area contributed by atoms with Gasteiger partial charge in [0, 0.05) is 11.3 Å². The van der Waals surface area contributed by atoms with Crippen LogP contribution in [0.5, 0.6) is 0 Å². The Morgan fingerprint density at radius 1 is 1.14 bits per heavy atom. The Bertz CT molecular complexity index is 416. The van der Waals surface area contributed by atoms with E-state index in [-0.39, 0.29) is 0 Å². The molecule has 70 valence electrons. The molecule has 5 heteroatoms. The van der Waals surface area contributed by atoms with Crippen LogP contribution in [0.1, 0.15) is 5.56 Å². The molecule has 0 aromatic heterocycles. The lowest BCUT2D eigenvalue weighted by Crippen LogP contribution is -1.86. The molecule has 0 amide bonds. The summed E-state index contributed by atoms with van der Waals surface area (Å²) >= 11 is 0. The Morgan fingerprint density at radius 3 is 1.93 bits per heavy atom. The third kappa shape index (κ3) is 1.93. The standard InChI is InChI=1S/C9H7N3O2/c1-6-8(11-4-13)2-7(10)3-9(6)12-5-14/h2-3H,10H2,1H3. The largest absolute Gasteiger partial charge is 0.399 e. The summed E-state index contributed by atoms with van der Waals surface area (Å²) in [6, 6.07) is 3.01. The minimum absolute atomic E-state index is 0.356. The SMILES string of the molecule is Cc1c(N=C=O)cc(N)cc1N=C=O. The first-order valence-corrected chi connectivity index (χ1v) is 3.75. The van der Waals surface area contributed by atoms with Crippen LogP contribution in [0.3, 0.4) is 0 Å². The van der Waals surface area contributed by atoms with E-state index in [1.807, 2.05) is 0 Å². The summed E-state index contributed by atoms with van der Waals surface area (Å²) < 4.78 is 0. The molecule has 14 heavy (non-hydrogen) atoms. The van der Waals surface area contributed by atoms with Crippen LogP contribution >= 0.6 is 0 Å². The molecule has 0 spiro atoms. The predicted octanol–water partition coefficient (Wildman–Crippen LogP) is 1.51. The van der Waals surface area contributed by atoms with Crippen molar-refractivity contribution < 1.29 is 9.59 Å². The molecule has 0 aliphatic carbocycles. The summed E-state index contributed by atoms with van der Waals surface area (Å²) in [5, 5.41) is 0. The maximum Gasteiger partial charge on any atom is 0.240 e. The lowest BCUT2D eigenvalue weighted by Gasteiger charge is -2.02. The van der Waals surface area contributed by atoms with Crippen LogP contribution in [0.2, 0.25) is 0 Å². The van der Waals surface area contributed by atoms with Gasteiger partial charge >= 0.3 is 0 Å². The summed E-state index contributed by atoms with van der Waals surface area (Å²) in [7, 11) is 0. The monoisotopic (exact) mass is 189 g/mol. The van der Waals surface area contributed by atoms with Gasteiger partial charge in [0.15, 0.2) is 0 Å². The first-order chi connectivity index (χ1) is 6.69. The molecule has 5 nitrogen and oxygen atoms in total. The number of nitrogens with zero attached hydrogens (tertiary/aromatic N) is 2. The van der Waals surface area contributed by atoms with Crippen molar-refractivity contribution in [2.24, 2.45) is 9.98 Å². The van der Waals surface area contributed by atoms with Crippen molar-refractivity contribution >= 4 is 29.2 Å². The van der Waals surface area contributed by atoms with Gasteiger partial charge in [-0.1, -0.05) is 0 Å². The van der Waals surface area contributed by atoms with Crippen LogP contribution in [-0.4, -0.2) is 12.2 Å². The second-order valence-electron chi connectivity index (χ2n) is 2.59. The maximum absolute atomic E-state index is 10.1. The number of nitrogens with two attached hydrogens (primary N) is 1. The number of hydrogen-bond acceptors (Lipinski definition) is 5. The summed E-state index contributed by atoms with van der Waals surface area (Å²) in [4.78, 5) is 27.0. The molecule has 0 aliphatic heterocycles. The third-order valence-electron chi connectivity index (χ3n) is 1.71. The minimum Gasteiger partial charge on any atom is -0.399 e. The van der Waals surface area contributed by atoms with Crippen molar-refractivity contribution in [3.8, 4) is 0 Å². The van der Waals surface area contributed by atoms with Crippen LogP contribution < -0.4 is 5.73 Å². The Hall–Kier alpha value is -2.22. The molecule has 0 saturated carbocycles. The van der Waals surface area contributed by atoms with Crippen molar-refractivity contribution in [2.45, 2.75) is 6.92 Å². The van der Waals surface area contributed by atoms with Crippen molar-refractivity contribution in [2.75, 3.05) is 5.73 Å². The highest BCUT2D eigenvalue weighted by atomic mass is 16.1.